The van der Waals surface area contributed by atoms with E-state index in [9.17, 15) is 15.0 Å². The zero-order chi connectivity index (χ0) is 14.7. The number of unbranched alkanes of at least 4 members (excludes halogenated alkanes) is 4. The Balaban J connectivity index is 3.66. The SMILES string of the molecule is CCCCCCCC(=O)OC[C@@H](O)[C@H](O)[C@@H](O)CO. The van der Waals surface area contributed by atoms with Gasteiger partial charge in [-0.2, -0.15) is 0 Å². The molecule has 0 amide bonds. The minimum absolute atomic E-state index is 0.287. The molecule has 0 radical (unpaired) electrons. The van der Waals surface area contributed by atoms with E-state index < -0.39 is 30.9 Å². The van der Waals surface area contributed by atoms with Crippen LogP contribution in [0.4, 0.5) is 0 Å². The molecule has 0 saturated carbocycles. The second-order valence-electron chi connectivity index (χ2n) is 4.66. The molecular weight excluding hydrogens is 252 g/mol. The number of aliphatic hydroxyl groups is 4. The Hall–Kier alpha value is -0.690. The molecule has 6 nitrogen and oxygen atoms in total. The van der Waals surface area contributed by atoms with Crippen LogP contribution in [0.1, 0.15) is 45.4 Å². The van der Waals surface area contributed by atoms with Gasteiger partial charge in [-0.15, -0.1) is 0 Å². The second kappa shape index (κ2) is 11.2. The highest BCUT2D eigenvalue weighted by Gasteiger charge is 2.25. The minimum Gasteiger partial charge on any atom is -0.463 e. The molecule has 0 fully saturated rings. The lowest BCUT2D eigenvalue weighted by atomic mass is 10.1. The smallest absolute Gasteiger partial charge is 0.305 e. The van der Waals surface area contributed by atoms with Gasteiger partial charge in [0.25, 0.3) is 0 Å². The molecule has 0 rings (SSSR count). The number of hydrogen-bond donors (Lipinski definition) is 4. The van der Waals surface area contributed by atoms with Crippen molar-refractivity contribution in [1.82, 2.24) is 0 Å². The Morgan fingerprint density at radius 1 is 1.05 bits per heavy atom. The third kappa shape index (κ3) is 8.93. The normalized spacial score (nSPS) is 15.8. The molecule has 0 aromatic carbocycles. The number of rotatable bonds is 11. The fourth-order valence-electron chi connectivity index (χ4n) is 1.59. The van der Waals surface area contributed by atoms with Gasteiger partial charge >= 0.3 is 5.97 Å². The highest BCUT2D eigenvalue weighted by atomic mass is 16.5. The third-order valence-electron chi connectivity index (χ3n) is 2.88. The maximum absolute atomic E-state index is 11.3. The number of aliphatic hydroxyl groups excluding tert-OH is 4. The lowest BCUT2D eigenvalue weighted by Crippen LogP contribution is -2.42. The zero-order valence-corrected chi connectivity index (χ0v) is 11.5. The van der Waals surface area contributed by atoms with E-state index in [1.165, 1.54) is 0 Å². The summed E-state index contributed by atoms with van der Waals surface area (Å²) in [7, 11) is 0. The topological polar surface area (TPSA) is 107 Å². The van der Waals surface area contributed by atoms with Crippen molar-refractivity contribution in [3.05, 3.63) is 0 Å². The monoisotopic (exact) mass is 278 g/mol. The summed E-state index contributed by atoms with van der Waals surface area (Å²) in [6, 6.07) is 0. The van der Waals surface area contributed by atoms with Crippen LogP contribution in [0.25, 0.3) is 0 Å². The van der Waals surface area contributed by atoms with Crippen LogP contribution in [0.15, 0.2) is 0 Å². The van der Waals surface area contributed by atoms with Crippen molar-refractivity contribution in [2.75, 3.05) is 13.2 Å². The molecule has 0 spiro atoms. The van der Waals surface area contributed by atoms with E-state index in [0.717, 1.165) is 32.1 Å². The van der Waals surface area contributed by atoms with E-state index in [-0.39, 0.29) is 13.0 Å². The van der Waals surface area contributed by atoms with E-state index in [4.69, 9.17) is 14.9 Å². The number of hydrogen-bond acceptors (Lipinski definition) is 6. The molecule has 0 aliphatic heterocycles. The zero-order valence-electron chi connectivity index (χ0n) is 11.5. The van der Waals surface area contributed by atoms with Crippen molar-refractivity contribution in [3.63, 3.8) is 0 Å². The molecule has 0 saturated heterocycles. The average molecular weight is 278 g/mol. The molecule has 0 aromatic rings. The van der Waals surface area contributed by atoms with Crippen LogP contribution in [0.5, 0.6) is 0 Å². The molecule has 3 atom stereocenters. The first-order valence-corrected chi connectivity index (χ1v) is 6.83. The molecule has 0 heterocycles. The van der Waals surface area contributed by atoms with Crippen molar-refractivity contribution < 1.29 is 30.0 Å². The molecular formula is C13H26O6. The quantitative estimate of drug-likeness (QED) is 0.312. The molecule has 6 heteroatoms. The largest absolute Gasteiger partial charge is 0.463 e. The van der Waals surface area contributed by atoms with E-state index in [0.29, 0.717) is 0 Å². The van der Waals surface area contributed by atoms with Crippen LogP contribution >= 0.6 is 0 Å². The van der Waals surface area contributed by atoms with Crippen LogP contribution in [-0.2, 0) is 9.53 Å². The minimum atomic E-state index is -1.53. The molecule has 0 unspecified atom stereocenters. The van der Waals surface area contributed by atoms with E-state index in [2.05, 4.69) is 6.92 Å². The van der Waals surface area contributed by atoms with E-state index >= 15 is 0 Å². The molecule has 4 N–H and O–H groups in total. The number of carbonyl (C=O) groups is 1. The molecule has 0 aliphatic carbocycles. The number of esters is 1. The van der Waals surface area contributed by atoms with Gasteiger partial charge in [-0.3, -0.25) is 4.79 Å². The molecule has 0 bridgehead atoms. The lowest BCUT2D eigenvalue weighted by Gasteiger charge is -2.21. The summed E-state index contributed by atoms with van der Waals surface area (Å²) < 4.78 is 4.78. The fraction of sp³-hybridized carbons (Fsp3) is 0.923. The van der Waals surface area contributed by atoms with Crippen molar-refractivity contribution in [1.29, 1.82) is 0 Å². The first kappa shape index (κ1) is 18.3. The van der Waals surface area contributed by atoms with Crippen LogP contribution in [0, 0.1) is 0 Å². The highest BCUT2D eigenvalue weighted by molar-refractivity contribution is 5.69. The van der Waals surface area contributed by atoms with Crippen molar-refractivity contribution >= 4 is 5.97 Å². The van der Waals surface area contributed by atoms with Gasteiger partial charge in [0.1, 0.15) is 24.9 Å². The number of carbonyl (C=O) groups excluding carboxylic acids is 1. The van der Waals surface area contributed by atoms with Crippen LogP contribution in [0.3, 0.4) is 0 Å². The summed E-state index contributed by atoms with van der Waals surface area (Å²) in [5.41, 5.74) is 0. The predicted molar refractivity (Wildman–Crippen MR) is 69.4 cm³/mol. The molecule has 0 aliphatic rings. The van der Waals surface area contributed by atoms with Crippen molar-refractivity contribution in [3.8, 4) is 0 Å². The average Bonchev–Trinajstić information content (AvgIpc) is 2.42. The van der Waals surface area contributed by atoms with Crippen LogP contribution in [0.2, 0.25) is 0 Å². The van der Waals surface area contributed by atoms with Gasteiger partial charge in [-0.05, 0) is 6.42 Å². The lowest BCUT2D eigenvalue weighted by molar-refractivity contribution is -0.152. The molecule has 19 heavy (non-hydrogen) atoms. The summed E-state index contributed by atoms with van der Waals surface area (Å²) >= 11 is 0. The Bertz CT molecular complexity index is 233. The van der Waals surface area contributed by atoms with Crippen LogP contribution in [-0.4, -0.2) is 57.9 Å². The first-order chi connectivity index (χ1) is 9.02. The van der Waals surface area contributed by atoms with Gasteiger partial charge in [0.05, 0.1) is 6.61 Å². The Morgan fingerprint density at radius 3 is 2.26 bits per heavy atom. The van der Waals surface area contributed by atoms with Gasteiger partial charge in [0.15, 0.2) is 0 Å². The Morgan fingerprint density at radius 2 is 1.68 bits per heavy atom. The van der Waals surface area contributed by atoms with E-state index in [1.54, 1.807) is 0 Å². The Labute approximate surface area is 114 Å². The maximum Gasteiger partial charge on any atom is 0.305 e. The summed E-state index contributed by atoms with van der Waals surface area (Å²) in [4.78, 5) is 11.3. The third-order valence-corrected chi connectivity index (χ3v) is 2.88. The van der Waals surface area contributed by atoms with Gasteiger partial charge in [-0.1, -0.05) is 32.6 Å². The fourth-order valence-corrected chi connectivity index (χ4v) is 1.59. The van der Waals surface area contributed by atoms with Gasteiger partial charge in [0.2, 0.25) is 0 Å². The van der Waals surface area contributed by atoms with Gasteiger partial charge in [-0.25, -0.2) is 0 Å². The summed E-state index contributed by atoms with van der Waals surface area (Å²) in [6.07, 6.45) is 1.02. The van der Waals surface area contributed by atoms with Gasteiger partial charge < -0.3 is 25.2 Å². The summed E-state index contributed by atoms with van der Waals surface area (Å²) in [5, 5.41) is 36.4. The Kier molecular flexibility index (Phi) is 10.8. The van der Waals surface area contributed by atoms with Crippen LogP contribution < -0.4 is 0 Å². The van der Waals surface area contributed by atoms with E-state index in [1.807, 2.05) is 0 Å². The van der Waals surface area contributed by atoms with Crippen molar-refractivity contribution in [2.45, 2.75) is 63.8 Å². The van der Waals surface area contributed by atoms with Gasteiger partial charge in [0, 0.05) is 6.42 Å². The predicted octanol–water partition coefficient (Wildman–Crippen LogP) is -0.0349. The summed E-state index contributed by atoms with van der Waals surface area (Å²) in [6.45, 7) is 1.07. The summed E-state index contributed by atoms with van der Waals surface area (Å²) in [5.74, 6) is -0.429. The number of ether oxygens (including phenoxy) is 1. The van der Waals surface area contributed by atoms with Crippen molar-refractivity contribution in [2.24, 2.45) is 0 Å². The second-order valence-corrected chi connectivity index (χ2v) is 4.66. The first-order valence-electron chi connectivity index (χ1n) is 6.83. The molecule has 0 aromatic heterocycles. The maximum atomic E-state index is 11.3. The molecule has 114 valence electrons. The highest BCUT2D eigenvalue weighted by Crippen LogP contribution is 2.07. The standard InChI is InChI=1S/C13H26O6/c1-2-3-4-5-6-7-12(17)19-9-11(16)13(18)10(15)8-14/h10-11,13-16,18H,2-9H2,1H3/t10-,11+,13+/m0/s1.